The zero-order chi connectivity index (χ0) is 20.6. The average molecular weight is 394 g/mol. The van der Waals surface area contributed by atoms with Crippen LogP contribution < -0.4 is 10.6 Å². The fourth-order valence-corrected chi connectivity index (χ4v) is 3.79. The Bertz CT molecular complexity index is 805. The minimum Gasteiger partial charge on any atom is -0.348 e. The van der Waals surface area contributed by atoms with Crippen molar-refractivity contribution in [2.24, 2.45) is 5.92 Å². The lowest BCUT2D eigenvalue weighted by atomic mass is 9.97. The molecule has 2 amide bonds. The molecule has 29 heavy (non-hydrogen) atoms. The summed E-state index contributed by atoms with van der Waals surface area (Å²) in [6.07, 6.45) is 2.79. The van der Waals surface area contributed by atoms with E-state index >= 15 is 0 Å². The maximum absolute atomic E-state index is 12.6. The number of amides is 2. The van der Waals surface area contributed by atoms with E-state index in [0.29, 0.717) is 13.1 Å². The molecule has 5 nitrogen and oxygen atoms in total. The normalized spacial score (nSPS) is 18.1. The maximum Gasteiger partial charge on any atom is 0.234 e. The van der Waals surface area contributed by atoms with Gasteiger partial charge in [0, 0.05) is 12.2 Å². The Hall–Kier alpha value is -2.66. The molecule has 1 aliphatic heterocycles. The largest absolute Gasteiger partial charge is 0.348 e. The van der Waals surface area contributed by atoms with E-state index in [2.05, 4.69) is 46.7 Å². The molecule has 0 saturated carbocycles. The summed E-state index contributed by atoms with van der Waals surface area (Å²) >= 11 is 0. The van der Waals surface area contributed by atoms with E-state index in [1.165, 1.54) is 5.56 Å². The van der Waals surface area contributed by atoms with Gasteiger partial charge in [0.15, 0.2) is 0 Å². The SMILES string of the molecule is CCc1ccc([C@H](C)NC(=O)CN2CCC[C@H](C(=O)Nc3ccccc3)C2)cc1. The molecular formula is C24H31N3O2. The molecule has 1 saturated heterocycles. The fourth-order valence-electron chi connectivity index (χ4n) is 3.79. The molecule has 2 atom stereocenters. The second-order valence-corrected chi connectivity index (χ2v) is 7.81. The number of nitrogens with one attached hydrogen (secondary N) is 2. The van der Waals surface area contributed by atoms with Gasteiger partial charge in [0.1, 0.15) is 0 Å². The minimum absolute atomic E-state index is 0.00110. The first-order valence-electron chi connectivity index (χ1n) is 10.5. The number of carbonyl (C=O) groups is 2. The van der Waals surface area contributed by atoms with Crippen LogP contribution in [0.3, 0.4) is 0 Å². The van der Waals surface area contributed by atoms with Crippen LogP contribution in [0.15, 0.2) is 54.6 Å². The summed E-state index contributed by atoms with van der Waals surface area (Å²) in [7, 11) is 0. The molecule has 0 unspecified atom stereocenters. The van der Waals surface area contributed by atoms with E-state index in [1.807, 2.05) is 37.3 Å². The number of hydrogen-bond donors (Lipinski definition) is 2. The number of hydrogen-bond acceptors (Lipinski definition) is 3. The Morgan fingerprint density at radius 3 is 2.52 bits per heavy atom. The van der Waals surface area contributed by atoms with E-state index in [9.17, 15) is 9.59 Å². The number of carbonyl (C=O) groups excluding carboxylic acids is 2. The van der Waals surface area contributed by atoms with Gasteiger partial charge in [-0.3, -0.25) is 14.5 Å². The van der Waals surface area contributed by atoms with E-state index in [1.54, 1.807) is 0 Å². The first-order chi connectivity index (χ1) is 14.0. The number of aryl methyl sites for hydroxylation is 1. The van der Waals surface area contributed by atoms with Crippen molar-refractivity contribution in [2.75, 3.05) is 25.0 Å². The van der Waals surface area contributed by atoms with Gasteiger partial charge in [-0.1, -0.05) is 49.4 Å². The highest BCUT2D eigenvalue weighted by atomic mass is 16.2. The molecule has 1 heterocycles. The molecule has 0 spiro atoms. The minimum atomic E-state index is -0.0873. The second-order valence-electron chi connectivity index (χ2n) is 7.81. The van der Waals surface area contributed by atoms with Crippen LogP contribution in [0, 0.1) is 5.92 Å². The molecule has 2 aromatic carbocycles. The van der Waals surface area contributed by atoms with E-state index in [0.717, 1.165) is 37.1 Å². The molecule has 0 bridgehead atoms. The summed E-state index contributed by atoms with van der Waals surface area (Å²) in [6.45, 7) is 5.93. The summed E-state index contributed by atoms with van der Waals surface area (Å²) in [6, 6.07) is 17.9. The van der Waals surface area contributed by atoms with Crippen molar-refractivity contribution >= 4 is 17.5 Å². The molecule has 1 fully saturated rings. The van der Waals surface area contributed by atoms with E-state index in [4.69, 9.17) is 0 Å². The third-order valence-corrected chi connectivity index (χ3v) is 5.55. The Kier molecular flexibility index (Phi) is 7.42. The molecule has 2 N–H and O–H groups in total. The number of anilines is 1. The van der Waals surface area contributed by atoms with Gasteiger partial charge >= 0.3 is 0 Å². The topological polar surface area (TPSA) is 61.4 Å². The standard InChI is InChI=1S/C24H31N3O2/c1-3-19-11-13-20(14-12-19)18(2)25-23(28)17-27-15-7-8-21(16-27)24(29)26-22-9-5-4-6-10-22/h4-6,9-14,18,21H,3,7-8,15-17H2,1-2H3,(H,25,28)(H,26,29)/t18-,21-/m0/s1. The lowest BCUT2D eigenvalue weighted by Crippen LogP contribution is -2.45. The van der Waals surface area contributed by atoms with Crippen molar-refractivity contribution in [2.45, 2.75) is 39.2 Å². The van der Waals surface area contributed by atoms with E-state index < -0.39 is 0 Å². The van der Waals surface area contributed by atoms with Gasteiger partial charge in [-0.2, -0.15) is 0 Å². The van der Waals surface area contributed by atoms with Crippen LogP contribution in [-0.4, -0.2) is 36.3 Å². The van der Waals surface area contributed by atoms with Gasteiger partial charge in [0.2, 0.25) is 11.8 Å². The van der Waals surface area contributed by atoms with Gasteiger partial charge < -0.3 is 10.6 Å². The van der Waals surface area contributed by atoms with Crippen molar-refractivity contribution in [3.8, 4) is 0 Å². The average Bonchev–Trinajstić information content (AvgIpc) is 2.74. The first kappa shape index (κ1) is 21.1. The number of para-hydroxylation sites is 1. The van der Waals surface area contributed by atoms with Crippen LogP contribution >= 0.6 is 0 Å². The molecule has 1 aliphatic rings. The summed E-state index contributed by atoms with van der Waals surface area (Å²) in [5.41, 5.74) is 3.21. The van der Waals surface area contributed by atoms with Crippen LogP contribution in [0.4, 0.5) is 5.69 Å². The summed E-state index contributed by atoms with van der Waals surface area (Å²) in [5.74, 6) is -0.0531. The number of nitrogens with zero attached hydrogens (tertiary/aromatic N) is 1. The van der Waals surface area contributed by atoms with Crippen LogP contribution in [0.2, 0.25) is 0 Å². The molecule has 3 rings (SSSR count). The van der Waals surface area contributed by atoms with Gasteiger partial charge in [-0.05, 0) is 56.0 Å². The molecule has 154 valence electrons. The first-order valence-corrected chi connectivity index (χ1v) is 10.5. The van der Waals surface area contributed by atoms with Crippen LogP contribution in [0.1, 0.15) is 43.9 Å². The summed E-state index contributed by atoms with van der Waals surface area (Å²) in [4.78, 5) is 27.2. The zero-order valence-electron chi connectivity index (χ0n) is 17.4. The zero-order valence-corrected chi connectivity index (χ0v) is 17.4. The van der Waals surface area contributed by atoms with Gasteiger partial charge in [0.25, 0.3) is 0 Å². The summed E-state index contributed by atoms with van der Waals surface area (Å²) in [5, 5.41) is 6.07. The monoisotopic (exact) mass is 393 g/mol. The van der Waals surface area contributed by atoms with Crippen molar-refractivity contribution < 1.29 is 9.59 Å². The van der Waals surface area contributed by atoms with E-state index in [-0.39, 0.29) is 23.8 Å². The molecule has 0 aromatic heterocycles. The second kappa shape index (κ2) is 10.2. The maximum atomic E-state index is 12.6. The highest BCUT2D eigenvalue weighted by molar-refractivity contribution is 5.92. The van der Waals surface area contributed by atoms with Crippen molar-refractivity contribution in [1.82, 2.24) is 10.2 Å². The quantitative estimate of drug-likeness (QED) is 0.753. The predicted octanol–water partition coefficient (Wildman–Crippen LogP) is 3.78. The van der Waals surface area contributed by atoms with Crippen molar-refractivity contribution in [1.29, 1.82) is 0 Å². The Balaban J connectivity index is 1.48. The Morgan fingerprint density at radius 2 is 1.83 bits per heavy atom. The Morgan fingerprint density at radius 1 is 1.10 bits per heavy atom. The summed E-state index contributed by atoms with van der Waals surface area (Å²) < 4.78 is 0. The highest BCUT2D eigenvalue weighted by Crippen LogP contribution is 2.19. The molecule has 0 aliphatic carbocycles. The third-order valence-electron chi connectivity index (χ3n) is 5.55. The van der Waals surface area contributed by atoms with Crippen molar-refractivity contribution in [3.05, 3.63) is 65.7 Å². The van der Waals surface area contributed by atoms with Gasteiger partial charge in [-0.15, -0.1) is 0 Å². The number of benzene rings is 2. The molecule has 0 radical (unpaired) electrons. The fraction of sp³-hybridized carbons (Fsp3) is 0.417. The van der Waals surface area contributed by atoms with Crippen molar-refractivity contribution in [3.63, 3.8) is 0 Å². The number of likely N-dealkylation sites (tertiary alicyclic amines) is 1. The smallest absolute Gasteiger partial charge is 0.234 e. The van der Waals surface area contributed by atoms with Gasteiger partial charge in [0.05, 0.1) is 18.5 Å². The molecule has 5 heteroatoms. The van der Waals surface area contributed by atoms with Crippen LogP contribution in [-0.2, 0) is 16.0 Å². The highest BCUT2D eigenvalue weighted by Gasteiger charge is 2.27. The third kappa shape index (κ3) is 6.16. The number of rotatable bonds is 7. The molecule has 2 aromatic rings. The lowest BCUT2D eigenvalue weighted by Gasteiger charge is -2.31. The lowest BCUT2D eigenvalue weighted by molar-refractivity contribution is -0.126. The predicted molar refractivity (Wildman–Crippen MR) is 117 cm³/mol. The van der Waals surface area contributed by atoms with Crippen LogP contribution in [0.25, 0.3) is 0 Å². The Labute approximate surface area is 173 Å². The number of piperidine rings is 1. The molecular weight excluding hydrogens is 362 g/mol. The van der Waals surface area contributed by atoms with Gasteiger partial charge in [-0.25, -0.2) is 0 Å². The van der Waals surface area contributed by atoms with Crippen LogP contribution in [0.5, 0.6) is 0 Å².